The van der Waals surface area contributed by atoms with Gasteiger partial charge < -0.3 is 0 Å². The van der Waals surface area contributed by atoms with Crippen LogP contribution in [0.5, 0.6) is 0 Å². The van der Waals surface area contributed by atoms with Crippen molar-refractivity contribution < 1.29 is 0 Å². The zero-order valence-electron chi connectivity index (χ0n) is 14.6. The molecule has 5 rings (SSSR count). The predicted molar refractivity (Wildman–Crippen MR) is 102 cm³/mol. The van der Waals surface area contributed by atoms with Crippen molar-refractivity contribution in [3.8, 4) is 11.3 Å². The lowest BCUT2D eigenvalue weighted by atomic mass is 9.67. The minimum Gasteiger partial charge on any atom is -0.256 e. The van der Waals surface area contributed by atoms with Crippen LogP contribution in [0.25, 0.3) is 16.8 Å². The smallest absolute Gasteiger partial charge is 0.0705 e. The Balaban J connectivity index is 1.64. The summed E-state index contributed by atoms with van der Waals surface area (Å²) in [6, 6.07) is 11.2. The Morgan fingerprint density at radius 1 is 1.00 bits per heavy atom. The van der Waals surface area contributed by atoms with Gasteiger partial charge in [-0.1, -0.05) is 42.5 Å². The van der Waals surface area contributed by atoms with Crippen LogP contribution in [0.3, 0.4) is 0 Å². The number of nitrogens with zero attached hydrogens (tertiary/aromatic N) is 1. The first kappa shape index (κ1) is 15.4. The van der Waals surface area contributed by atoms with E-state index in [0.29, 0.717) is 0 Å². The summed E-state index contributed by atoms with van der Waals surface area (Å²) in [6.45, 7) is 4.20. The summed E-state index contributed by atoms with van der Waals surface area (Å²) in [5.74, 6) is 1.55. The summed E-state index contributed by atoms with van der Waals surface area (Å²) in [6.07, 6.45) is 13.9. The molecule has 1 heteroatoms. The second kappa shape index (κ2) is 6.39. The van der Waals surface area contributed by atoms with Crippen LogP contribution in [0.2, 0.25) is 0 Å². The standard InChI is InChI=1S/C23H25N/c1-3-4-5-16(2)17-6-12-20(13-7-17)23-14-21-18-8-10-19(11-9-18)22(21)15-24-23/h3-7,12-15,18-19H,8-11H2,1-2H3/b4-3-,16-5+. The Bertz CT molecular complexity index is 787. The van der Waals surface area contributed by atoms with Crippen LogP contribution in [-0.4, -0.2) is 4.98 Å². The molecule has 2 bridgehead atoms. The molecule has 1 heterocycles. The molecule has 0 spiro atoms. The van der Waals surface area contributed by atoms with Gasteiger partial charge in [0.15, 0.2) is 0 Å². The number of benzene rings is 1. The molecule has 1 saturated carbocycles. The fourth-order valence-corrected chi connectivity index (χ4v) is 4.29. The third-order valence-corrected chi connectivity index (χ3v) is 5.75. The van der Waals surface area contributed by atoms with Gasteiger partial charge in [0.1, 0.15) is 0 Å². The van der Waals surface area contributed by atoms with E-state index < -0.39 is 0 Å². The SMILES string of the molecule is C/C=C\C=C(/C)c1ccc(-c2cc3c(cn2)C2CCC3CC2)cc1. The van der Waals surface area contributed by atoms with E-state index in [0.717, 1.165) is 17.5 Å². The van der Waals surface area contributed by atoms with Crippen molar-refractivity contribution in [1.82, 2.24) is 4.98 Å². The number of fused-ring (bicyclic) bond motifs is 2. The molecule has 0 unspecified atom stereocenters. The normalized spacial score (nSPS) is 22.8. The summed E-state index contributed by atoms with van der Waals surface area (Å²) >= 11 is 0. The van der Waals surface area contributed by atoms with Crippen LogP contribution in [0.15, 0.2) is 54.8 Å². The third kappa shape index (κ3) is 2.73. The molecule has 24 heavy (non-hydrogen) atoms. The lowest BCUT2D eigenvalue weighted by molar-refractivity contribution is 0.358. The Kier molecular flexibility index (Phi) is 4.10. The largest absolute Gasteiger partial charge is 0.256 e. The molecule has 122 valence electrons. The van der Waals surface area contributed by atoms with Crippen LogP contribution in [-0.2, 0) is 0 Å². The van der Waals surface area contributed by atoms with Gasteiger partial charge >= 0.3 is 0 Å². The molecule has 3 aliphatic carbocycles. The number of allylic oxidation sites excluding steroid dienone is 4. The molecule has 0 atom stereocenters. The molecule has 1 nitrogen and oxygen atoms in total. The molecule has 1 fully saturated rings. The van der Waals surface area contributed by atoms with Gasteiger partial charge in [0.25, 0.3) is 0 Å². The van der Waals surface area contributed by atoms with Gasteiger partial charge in [-0.3, -0.25) is 4.98 Å². The van der Waals surface area contributed by atoms with E-state index >= 15 is 0 Å². The van der Waals surface area contributed by atoms with E-state index in [1.54, 1.807) is 5.56 Å². The second-order valence-corrected chi connectivity index (χ2v) is 7.20. The molecule has 0 N–H and O–H groups in total. The van der Waals surface area contributed by atoms with Crippen LogP contribution < -0.4 is 0 Å². The van der Waals surface area contributed by atoms with Crippen molar-refractivity contribution in [1.29, 1.82) is 0 Å². The van der Waals surface area contributed by atoms with E-state index in [1.165, 1.54) is 47.9 Å². The highest BCUT2D eigenvalue weighted by molar-refractivity contribution is 5.69. The van der Waals surface area contributed by atoms with Crippen molar-refractivity contribution >= 4 is 5.57 Å². The lowest BCUT2D eigenvalue weighted by Gasteiger charge is -2.38. The maximum absolute atomic E-state index is 4.78. The minimum absolute atomic E-state index is 0.772. The summed E-state index contributed by atoms with van der Waals surface area (Å²) in [7, 11) is 0. The summed E-state index contributed by atoms with van der Waals surface area (Å²) < 4.78 is 0. The number of aromatic nitrogens is 1. The van der Waals surface area contributed by atoms with E-state index in [2.05, 4.69) is 61.7 Å². The van der Waals surface area contributed by atoms with Crippen LogP contribution in [0, 0.1) is 0 Å². The van der Waals surface area contributed by atoms with Gasteiger partial charge in [-0.2, -0.15) is 0 Å². The van der Waals surface area contributed by atoms with E-state index in [-0.39, 0.29) is 0 Å². The van der Waals surface area contributed by atoms with Crippen molar-refractivity contribution in [2.45, 2.75) is 51.4 Å². The molecule has 0 saturated heterocycles. The summed E-state index contributed by atoms with van der Waals surface area (Å²) in [5, 5.41) is 0. The van der Waals surface area contributed by atoms with Crippen LogP contribution in [0.1, 0.15) is 68.1 Å². The fraction of sp³-hybridized carbons (Fsp3) is 0.348. The highest BCUT2D eigenvalue weighted by atomic mass is 14.7. The number of rotatable bonds is 3. The Hall–Kier alpha value is -2.15. The van der Waals surface area contributed by atoms with Crippen LogP contribution in [0.4, 0.5) is 0 Å². The lowest BCUT2D eigenvalue weighted by Crippen LogP contribution is -2.21. The molecule has 1 aromatic carbocycles. The van der Waals surface area contributed by atoms with Gasteiger partial charge in [0.05, 0.1) is 5.69 Å². The molecule has 0 radical (unpaired) electrons. The molecule has 1 aromatic heterocycles. The Morgan fingerprint density at radius 3 is 2.33 bits per heavy atom. The molecule has 0 amide bonds. The van der Waals surface area contributed by atoms with Crippen molar-refractivity contribution in [2.24, 2.45) is 0 Å². The predicted octanol–water partition coefficient (Wildman–Crippen LogP) is 6.48. The van der Waals surface area contributed by atoms with Crippen molar-refractivity contribution in [2.75, 3.05) is 0 Å². The topological polar surface area (TPSA) is 12.9 Å². The molecule has 0 aliphatic heterocycles. The maximum Gasteiger partial charge on any atom is 0.0705 e. The van der Waals surface area contributed by atoms with Gasteiger partial charge in [0, 0.05) is 11.8 Å². The average molecular weight is 315 g/mol. The van der Waals surface area contributed by atoms with Gasteiger partial charge in [0.2, 0.25) is 0 Å². The highest BCUT2D eigenvalue weighted by Gasteiger charge is 2.33. The Labute approximate surface area is 145 Å². The van der Waals surface area contributed by atoms with E-state index in [1.807, 2.05) is 6.92 Å². The minimum atomic E-state index is 0.772. The van der Waals surface area contributed by atoms with Gasteiger partial charge in [-0.05, 0) is 79.7 Å². The fourth-order valence-electron chi connectivity index (χ4n) is 4.29. The first-order valence-corrected chi connectivity index (χ1v) is 9.16. The quantitative estimate of drug-likeness (QED) is 0.590. The van der Waals surface area contributed by atoms with Crippen LogP contribution >= 0.6 is 0 Å². The third-order valence-electron chi connectivity index (χ3n) is 5.75. The molecule has 3 aliphatic rings. The van der Waals surface area contributed by atoms with E-state index in [4.69, 9.17) is 4.98 Å². The molecule has 2 aromatic rings. The highest BCUT2D eigenvalue weighted by Crippen LogP contribution is 2.49. The van der Waals surface area contributed by atoms with E-state index in [9.17, 15) is 0 Å². The molecular weight excluding hydrogens is 290 g/mol. The summed E-state index contributed by atoms with van der Waals surface area (Å²) in [5.41, 5.74) is 8.02. The average Bonchev–Trinajstić information content (AvgIpc) is 2.67. The monoisotopic (exact) mass is 315 g/mol. The Morgan fingerprint density at radius 2 is 1.67 bits per heavy atom. The zero-order valence-corrected chi connectivity index (χ0v) is 14.6. The number of hydrogen-bond donors (Lipinski definition) is 0. The van der Waals surface area contributed by atoms with Gasteiger partial charge in [-0.15, -0.1) is 0 Å². The first-order valence-electron chi connectivity index (χ1n) is 9.16. The van der Waals surface area contributed by atoms with Crippen molar-refractivity contribution in [3.05, 3.63) is 71.4 Å². The second-order valence-electron chi connectivity index (χ2n) is 7.20. The first-order chi connectivity index (χ1) is 11.8. The molecular formula is C23H25N. The number of hydrogen-bond acceptors (Lipinski definition) is 1. The van der Waals surface area contributed by atoms with Crippen molar-refractivity contribution in [3.63, 3.8) is 0 Å². The zero-order chi connectivity index (χ0) is 16.5. The number of pyridine rings is 1. The maximum atomic E-state index is 4.78. The van der Waals surface area contributed by atoms with Gasteiger partial charge in [-0.25, -0.2) is 0 Å². The summed E-state index contributed by atoms with van der Waals surface area (Å²) in [4.78, 5) is 4.78.